The lowest BCUT2D eigenvalue weighted by molar-refractivity contribution is -0.134. The molecule has 2 saturated heterocycles. The Balaban J connectivity index is 1.41. The summed E-state index contributed by atoms with van der Waals surface area (Å²) >= 11 is 0. The van der Waals surface area contributed by atoms with Gasteiger partial charge in [-0.15, -0.1) is 0 Å². The van der Waals surface area contributed by atoms with Gasteiger partial charge >= 0.3 is 6.03 Å². The Hall–Kier alpha value is -2.66. The van der Waals surface area contributed by atoms with E-state index in [9.17, 15) is 9.59 Å². The molecule has 0 bridgehead atoms. The summed E-state index contributed by atoms with van der Waals surface area (Å²) in [6.45, 7) is 6.37. The first-order valence-corrected chi connectivity index (χ1v) is 11.4. The Labute approximate surface area is 185 Å². The number of carbonyl (C=O) groups excluding carboxylic acids is 2. The highest BCUT2D eigenvalue weighted by Crippen LogP contribution is 2.35. The smallest absolute Gasteiger partial charge is 0.319 e. The molecule has 2 aliphatic rings. The third-order valence-corrected chi connectivity index (χ3v) is 6.57. The van der Waals surface area contributed by atoms with E-state index in [1.165, 1.54) is 10.5 Å². The molecule has 1 atom stereocenters. The topological polar surface area (TPSA) is 52.7 Å². The minimum Gasteiger partial charge on any atom is -0.319 e. The van der Waals surface area contributed by atoms with E-state index in [1.54, 1.807) is 0 Å². The van der Waals surface area contributed by atoms with Crippen molar-refractivity contribution in [1.29, 1.82) is 0 Å². The fourth-order valence-electron chi connectivity index (χ4n) is 5.02. The number of imide groups is 1. The normalized spacial score (nSPS) is 22.9. The Morgan fingerprint density at radius 3 is 2.19 bits per heavy atom. The molecule has 31 heavy (non-hydrogen) atoms. The van der Waals surface area contributed by atoms with Gasteiger partial charge in [-0.05, 0) is 48.6 Å². The fraction of sp³-hybridized carbons (Fsp3) is 0.462. The molecule has 2 aromatic carbocycles. The summed E-state index contributed by atoms with van der Waals surface area (Å²) in [6.07, 6.45) is 3.88. The van der Waals surface area contributed by atoms with E-state index in [4.69, 9.17) is 0 Å². The van der Waals surface area contributed by atoms with Crippen LogP contribution in [0.1, 0.15) is 44.2 Å². The van der Waals surface area contributed by atoms with Gasteiger partial charge in [0.1, 0.15) is 5.54 Å². The molecule has 0 spiro atoms. The maximum atomic E-state index is 13.6. The van der Waals surface area contributed by atoms with Gasteiger partial charge in [0, 0.05) is 13.1 Å². The van der Waals surface area contributed by atoms with E-state index >= 15 is 0 Å². The lowest BCUT2D eigenvalue weighted by Crippen LogP contribution is -2.47. The molecular weight excluding hydrogens is 386 g/mol. The van der Waals surface area contributed by atoms with Crippen molar-refractivity contribution in [3.63, 3.8) is 0 Å². The molecule has 0 saturated carbocycles. The van der Waals surface area contributed by atoms with Crippen LogP contribution in [0.25, 0.3) is 0 Å². The average Bonchev–Trinajstić information content (AvgIpc) is 3.01. The minimum atomic E-state index is -0.960. The van der Waals surface area contributed by atoms with Gasteiger partial charge in [-0.1, -0.05) is 74.5 Å². The van der Waals surface area contributed by atoms with Crippen molar-refractivity contribution in [3.8, 4) is 0 Å². The van der Waals surface area contributed by atoms with Crippen LogP contribution in [0, 0.1) is 11.8 Å². The van der Waals surface area contributed by atoms with Crippen molar-refractivity contribution >= 4 is 11.9 Å². The first-order chi connectivity index (χ1) is 15.0. The zero-order valence-electron chi connectivity index (χ0n) is 18.6. The molecule has 0 aliphatic carbocycles. The van der Waals surface area contributed by atoms with Gasteiger partial charge in [-0.3, -0.25) is 9.69 Å². The molecule has 0 aromatic heterocycles. The lowest BCUT2D eigenvalue weighted by Gasteiger charge is -2.34. The first kappa shape index (κ1) is 21.6. The zero-order chi connectivity index (χ0) is 21.8. The van der Waals surface area contributed by atoms with Gasteiger partial charge < -0.3 is 5.32 Å². The summed E-state index contributed by atoms with van der Waals surface area (Å²) in [5.41, 5.74) is 1.29. The van der Waals surface area contributed by atoms with Crippen molar-refractivity contribution in [1.82, 2.24) is 15.1 Å². The number of urea groups is 1. The molecule has 2 aliphatic heterocycles. The molecular formula is C26H33N3O2. The second-order valence-electron chi connectivity index (χ2n) is 9.43. The number of carbonyl (C=O) groups is 2. The van der Waals surface area contributed by atoms with Crippen molar-refractivity contribution in [3.05, 3.63) is 71.8 Å². The van der Waals surface area contributed by atoms with Gasteiger partial charge in [-0.2, -0.15) is 0 Å². The van der Waals surface area contributed by atoms with Crippen LogP contribution < -0.4 is 5.32 Å². The number of likely N-dealkylation sites (tertiary alicyclic amines) is 1. The van der Waals surface area contributed by atoms with E-state index < -0.39 is 5.54 Å². The van der Waals surface area contributed by atoms with Crippen LogP contribution in [0.2, 0.25) is 0 Å². The van der Waals surface area contributed by atoms with E-state index in [1.807, 2.05) is 30.3 Å². The summed E-state index contributed by atoms with van der Waals surface area (Å²) < 4.78 is 0. The summed E-state index contributed by atoms with van der Waals surface area (Å²) in [6, 6.07) is 20.0. The number of piperidine rings is 1. The molecule has 4 rings (SSSR count). The number of rotatable bonds is 7. The van der Waals surface area contributed by atoms with Gasteiger partial charge in [-0.25, -0.2) is 9.69 Å². The Morgan fingerprint density at radius 1 is 0.968 bits per heavy atom. The highest BCUT2D eigenvalue weighted by atomic mass is 16.2. The molecule has 164 valence electrons. The molecule has 3 amide bonds. The van der Waals surface area contributed by atoms with E-state index in [0.717, 1.165) is 37.9 Å². The molecule has 1 N–H and O–H groups in total. The van der Waals surface area contributed by atoms with Gasteiger partial charge in [0.2, 0.25) is 0 Å². The second-order valence-corrected chi connectivity index (χ2v) is 9.43. The average molecular weight is 420 g/mol. The standard InChI is InChI=1S/C26H33N3O2/c1-20(2)18-26(23-11-7-4-8-12-23)24(30)29(25(31)27-26)19-28-15-13-22(14-16-28)17-21-9-5-3-6-10-21/h3-12,20,22H,13-19H2,1-2H3,(H,27,31)/t26-/m1/s1. The minimum absolute atomic E-state index is 0.121. The van der Waals surface area contributed by atoms with E-state index in [-0.39, 0.29) is 17.9 Å². The molecule has 5 heteroatoms. The summed E-state index contributed by atoms with van der Waals surface area (Å²) in [4.78, 5) is 30.1. The summed E-state index contributed by atoms with van der Waals surface area (Å²) in [7, 11) is 0. The van der Waals surface area contributed by atoms with Crippen molar-refractivity contribution < 1.29 is 9.59 Å². The summed E-state index contributed by atoms with van der Waals surface area (Å²) in [5, 5.41) is 3.06. The van der Waals surface area contributed by atoms with Crippen molar-refractivity contribution in [2.45, 2.75) is 45.1 Å². The Morgan fingerprint density at radius 2 is 1.58 bits per heavy atom. The molecule has 5 nitrogen and oxygen atoms in total. The predicted octanol–water partition coefficient (Wildman–Crippen LogP) is 4.39. The van der Waals surface area contributed by atoms with E-state index in [0.29, 0.717) is 19.0 Å². The van der Waals surface area contributed by atoms with Gasteiger partial charge in [0.15, 0.2) is 0 Å². The highest BCUT2D eigenvalue weighted by Gasteiger charge is 2.52. The largest absolute Gasteiger partial charge is 0.326 e. The monoisotopic (exact) mass is 419 g/mol. The quantitative estimate of drug-likeness (QED) is 0.677. The van der Waals surface area contributed by atoms with Crippen molar-refractivity contribution in [2.24, 2.45) is 11.8 Å². The second kappa shape index (κ2) is 9.23. The maximum Gasteiger partial charge on any atom is 0.326 e. The van der Waals surface area contributed by atoms with E-state index in [2.05, 4.69) is 54.4 Å². The van der Waals surface area contributed by atoms with Crippen LogP contribution in [0.4, 0.5) is 4.79 Å². The fourth-order valence-corrected chi connectivity index (χ4v) is 5.02. The summed E-state index contributed by atoms with van der Waals surface area (Å²) in [5.74, 6) is 0.813. The number of benzene rings is 2. The number of hydrogen-bond acceptors (Lipinski definition) is 3. The van der Waals surface area contributed by atoms with Crippen LogP contribution in [-0.4, -0.2) is 41.5 Å². The van der Waals surface area contributed by atoms with Crippen LogP contribution in [0.3, 0.4) is 0 Å². The molecule has 2 aromatic rings. The van der Waals surface area contributed by atoms with Crippen LogP contribution in [0.5, 0.6) is 0 Å². The Kier molecular flexibility index (Phi) is 6.42. The van der Waals surface area contributed by atoms with Crippen molar-refractivity contribution in [2.75, 3.05) is 19.8 Å². The predicted molar refractivity (Wildman–Crippen MR) is 122 cm³/mol. The number of amides is 3. The lowest BCUT2D eigenvalue weighted by atomic mass is 9.82. The van der Waals surface area contributed by atoms with Gasteiger partial charge in [0.05, 0.1) is 6.67 Å². The molecule has 2 heterocycles. The van der Waals surface area contributed by atoms with Crippen LogP contribution in [0.15, 0.2) is 60.7 Å². The van der Waals surface area contributed by atoms with Crippen LogP contribution >= 0.6 is 0 Å². The first-order valence-electron chi connectivity index (χ1n) is 11.4. The molecule has 2 fully saturated rings. The maximum absolute atomic E-state index is 13.6. The number of nitrogens with zero attached hydrogens (tertiary/aromatic N) is 2. The molecule has 0 unspecified atom stereocenters. The zero-order valence-corrected chi connectivity index (χ0v) is 18.6. The number of hydrogen-bond donors (Lipinski definition) is 1. The SMILES string of the molecule is CC(C)C[C@]1(c2ccccc2)NC(=O)N(CN2CCC(Cc3ccccc3)CC2)C1=O. The third kappa shape index (κ3) is 4.67. The number of nitrogens with one attached hydrogen (secondary N) is 1. The molecule has 0 radical (unpaired) electrons. The Bertz CT molecular complexity index is 891. The highest BCUT2D eigenvalue weighted by molar-refractivity contribution is 6.07. The third-order valence-electron chi connectivity index (χ3n) is 6.57. The van der Waals surface area contributed by atoms with Gasteiger partial charge in [0.25, 0.3) is 5.91 Å². The van der Waals surface area contributed by atoms with Crippen LogP contribution in [-0.2, 0) is 16.8 Å².